The summed E-state index contributed by atoms with van der Waals surface area (Å²) in [5.41, 5.74) is -0.689. The van der Waals surface area contributed by atoms with Crippen LogP contribution in [0.5, 0.6) is 0 Å². The van der Waals surface area contributed by atoms with Gasteiger partial charge in [0.1, 0.15) is 4.33 Å². The van der Waals surface area contributed by atoms with Crippen LogP contribution in [-0.2, 0) is 4.79 Å². The van der Waals surface area contributed by atoms with Crippen molar-refractivity contribution in [3.63, 3.8) is 0 Å². The second kappa shape index (κ2) is 5.85. The van der Waals surface area contributed by atoms with E-state index in [-0.39, 0.29) is 17.4 Å². The quantitative estimate of drug-likeness (QED) is 0.744. The molecule has 0 bridgehead atoms. The standard InChI is InChI=1S/C16H16Cl2F2N2O2/c1-15(9-16(15,17)18)14(24)22-6-4-21(5-7-22)13(23)10-2-3-11(19)12(20)8-10/h2-3,8H,4-7,9H2,1H3. The van der Waals surface area contributed by atoms with Crippen LogP contribution in [0.25, 0.3) is 0 Å². The van der Waals surface area contributed by atoms with Crippen LogP contribution >= 0.6 is 23.2 Å². The van der Waals surface area contributed by atoms with Gasteiger partial charge in [0.15, 0.2) is 11.6 Å². The highest BCUT2D eigenvalue weighted by Gasteiger charge is 2.68. The molecule has 0 radical (unpaired) electrons. The molecule has 2 amide bonds. The molecule has 2 aliphatic rings. The van der Waals surface area contributed by atoms with Gasteiger partial charge in [0.2, 0.25) is 5.91 Å². The van der Waals surface area contributed by atoms with E-state index in [1.807, 2.05) is 0 Å². The molecule has 24 heavy (non-hydrogen) atoms. The molecule has 1 aliphatic heterocycles. The molecule has 1 saturated carbocycles. The number of halogens is 4. The fourth-order valence-corrected chi connectivity index (χ4v) is 3.60. The fraction of sp³-hybridized carbons (Fsp3) is 0.500. The Kier molecular flexibility index (Phi) is 4.24. The Labute approximate surface area is 148 Å². The van der Waals surface area contributed by atoms with Crippen molar-refractivity contribution in [2.75, 3.05) is 26.2 Å². The average molecular weight is 377 g/mol. The van der Waals surface area contributed by atoms with E-state index in [1.165, 1.54) is 11.0 Å². The van der Waals surface area contributed by atoms with Gasteiger partial charge in [0.25, 0.3) is 5.91 Å². The Balaban J connectivity index is 1.62. The number of amides is 2. The summed E-state index contributed by atoms with van der Waals surface area (Å²) >= 11 is 12.1. The Bertz CT molecular complexity index is 705. The van der Waals surface area contributed by atoms with Gasteiger partial charge in [-0.1, -0.05) is 0 Å². The zero-order valence-electron chi connectivity index (χ0n) is 13.0. The molecule has 1 heterocycles. The van der Waals surface area contributed by atoms with Crippen LogP contribution in [0.1, 0.15) is 23.7 Å². The first-order valence-corrected chi connectivity index (χ1v) is 8.33. The van der Waals surface area contributed by atoms with Gasteiger partial charge in [-0.05, 0) is 31.5 Å². The van der Waals surface area contributed by atoms with Crippen molar-refractivity contribution in [1.82, 2.24) is 9.80 Å². The maximum Gasteiger partial charge on any atom is 0.254 e. The molecule has 0 N–H and O–H groups in total. The number of benzene rings is 1. The van der Waals surface area contributed by atoms with Crippen molar-refractivity contribution >= 4 is 35.0 Å². The third-order valence-electron chi connectivity index (χ3n) is 4.75. The molecule has 1 unspecified atom stereocenters. The third-order valence-corrected chi connectivity index (χ3v) is 5.85. The summed E-state index contributed by atoms with van der Waals surface area (Å²) in [5, 5.41) is 0. The summed E-state index contributed by atoms with van der Waals surface area (Å²) in [7, 11) is 0. The number of hydrogen-bond acceptors (Lipinski definition) is 2. The van der Waals surface area contributed by atoms with Crippen LogP contribution in [-0.4, -0.2) is 52.1 Å². The van der Waals surface area contributed by atoms with Gasteiger partial charge >= 0.3 is 0 Å². The van der Waals surface area contributed by atoms with Crippen molar-refractivity contribution in [1.29, 1.82) is 0 Å². The van der Waals surface area contributed by atoms with Gasteiger partial charge in [-0.2, -0.15) is 0 Å². The minimum atomic E-state index is -1.06. The number of carbonyl (C=O) groups excluding carboxylic acids is 2. The topological polar surface area (TPSA) is 40.6 Å². The van der Waals surface area contributed by atoms with Crippen LogP contribution in [0.3, 0.4) is 0 Å². The Morgan fingerprint density at radius 3 is 2.08 bits per heavy atom. The molecule has 4 nitrogen and oxygen atoms in total. The van der Waals surface area contributed by atoms with E-state index in [2.05, 4.69) is 0 Å². The second-order valence-corrected chi connectivity index (χ2v) is 7.91. The summed E-state index contributed by atoms with van der Waals surface area (Å²) in [6.45, 7) is 3.07. The number of nitrogens with zero attached hydrogens (tertiary/aromatic N) is 2. The van der Waals surface area contributed by atoms with E-state index >= 15 is 0 Å². The predicted molar refractivity (Wildman–Crippen MR) is 86.0 cm³/mol. The van der Waals surface area contributed by atoms with Crippen molar-refractivity contribution in [2.24, 2.45) is 5.41 Å². The number of piperazine rings is 1. The molecular weight excluding hydrogens is 361 g/mol. The van der Waals surface area contributed by atoms with Gasteiger partial charge in [0, 0.05) is 31.7 Å². The van der Waals surface area contributed by atoms with Crippen molar-refractivity contribution in [3.8, 4) is 0 Å². The number of rotatable bonds is 2. The van der Waals surface area contributed by atoms with E-state index < -0.39 is 21.4 Å². The molecule has 1 aliphatic carbocycles. The minimum Gasteiger partial charge on any atom is -0.339 e. The van der Waals surface area contributed by atoms with E-state index in [4.69, 9.17) is 23.2 Å². The highest BCUT2D eigenvalue weighted by atomic mass is 35.5. The normalized spacial score (nSPS) is 25.5. The largest absolute Gasteiger partial charge is 0.339 e. The predicted octanol–water partition coefficient (Wildman–Crippen LogP) is 2.83. The van der Waals surface area contributed by atoms with Gasteiger partial charge < -0.3 is 9.80 Å². The lowest BCUT2D eigenvalue weighted by Crippen LogP contribution is -2.52. The number of carbonyl (C=O) groups is 2. The highest BCUT2D eigenvalue weighted by Crippen LogP contribution is 2.64. The summed E-state index contributed by atoms with van der Waals surface area (Å²) in [5.74, 6) is -2.56. The lowest BCUT2D eigenvalue weighted by atomic mass is 10.1. The molecule has 1 aromatic rings. The molecule has 0 aromatic heterocycles. The molecule has 130 valence electrons. The van der Waals surface area contributed by atoms with E-state index in [9.17, 15) is 18.4 Å². The van der Waals surface area contributed by atoms with Crippen molar-refractivity contribution in [3.05, 3.63) is 35.4 Å². The van der Waals surface area contributed by atoms with E-state index in [0.717, 1.165) is 12.1 Å². The Morgan fingerprint density at radius 1 is 1.04 bits per heavy atom. The lowest BCUT2D eigenvalue weighted by molar-refractivity contribution is -0.137. The molecule has 1 aromatic carbocycles. The summed E-state index contributed by atoms with van der Waals surface area (Å²) in [6.07, 6.45) is 0.413. The second-order valence-electron chi connectivity index (χ2n) is 6.43. The van der Waals surface area contributed by atoms with E-state index in [0.29, 0.717) is 32.6 Å². The average Bonchev–Trinajstić information content (AvgIpc) is 3.08. The molecule has 1 atom stereocenters. The maximum absolute atomic E-state index is 13.3. The zero-order valence-corrected chi connectivity index (χ0v) is 14.5. The van der Waals surface area contributed by atoms with Crippen LogP contribution in [0.15, 0.2) is 18.2 Å². The molecular formula is C16H16Cl2F2N2O2. The zero-order chi connectivity index (χ0) is 17.7. The molecule has 8 heteroatoms. The first-order chi connectivity index (χ1) is 11.2. The van der Waals surface area contributed by atoms with Gasteiger partial charge in [-0.25, -0.2) is 8.78 Å². The van der Waals surface area contributed by atoms with Crippen molar-refractivity contribution in [2.45, 2.75) is 17.7 Å². The molecule has 1 saturated heterocycles. The summed E-state index contributed by atoms with van der Waals surface area (Å²) < 4.78 is 25.2. The number of alkyl halides is 2. The smallest absolute Gasteiger partial charge is 0.254 e. The first kappa shape index (κ1) is 17.4. The van der Waals surface area contributed by atoms with Gasteiger partial charge in [0.05, 0.1) is 5.41 Å². The fourth-order valence-electron chi connectivity index (χ4n) is 2.91. The molecule has 2 fully saturated rings. The van der Waals surface area contributed by atoms with Crippen LogP contribution in [0.2, 0.25) is 0 Å². The van der Waals surface area contributed by atoms with E-state index in [1.54, 1.807) is 11.8 Å². The van der Waals surface area contributed by atoms with Crippen LogP contribution in [0.4, 0.5) is 8.78 Å². The van der Waals surface area contributed by atoms with Crippen LogP contribution in [0, 0.1) is 17.0 Å². The third kappa shape index (κ3) is 2.86. The lowest BCUT2D eigenvalue weighted by Gasteiger charge is -2.36. The Hall–Kier alpha value is -1.40. The summed E-state index contributed by atoms with van der Waals surface area (Å²) in [6, 6.07) is 3.06. The highest BCUT2D eigenvalue weighted by molar-refractivity contribution is 6.53. The molecule has 3 rings (SSSR count). The monoisotopic (exact) mass is 376 g/mol. The van der Waals surface area contributed by atoms with Gasteiger partial charge in [-0.3, -0.25) is 9.59 Å². The number of hydrogen-bond donors (Lipinski definition) is 0. The van der Waals surface area contributed by atoms with Crippen molar-refractivity contribution < 1.29 is 18.4 Å². The van der Waals surface area contributed by atoms with Gasteiger partial charge in [-0.15, -0.1) is 23.2 Å². The summed E-state index contributed by atoms with van der Waals surface area (Å²) in [4.78, 5) is 28.0. The molecule has 0 spiro atoms. The van der Waals surface area contributed by atoms with Crippen LogP contribution < -0.4 is 0 Å². The Morgan fingerprint density at radius 2 is 1.58 bits per heavy atom. The SMILES string of the molecule is CC1(C(=O)N2CCN(C(=O)c3ccc(F)c(F)c3)CC2)CC1(Cl)Cl. The minimum absolute atomic E-state index is 0.0864. The first-order valence-electron chi connectivity index (χ1n) is 7.57. The maximum atomic E-state index is 13.3.